The molecule has 0 aliphatic heterocycles. The monoisotopic (exact) mass is 303 g/mol. The number of aromatic nitrogens is 1. The molecule has 2 rings (SSSR count). The molecule has 1 heterocycles. The van der Waals surface area contributed by atoms with Crippen molar-refractivity contribution in [2.45, 2.75) is 26.8 Å². The summed E-state index contributed by atoms with van der Waals surface area (Å²) in [6, 6.07) is 5.33. The van der Waals surface area contributed by atoms with Gasteiger partial charge in [-0.2, -0.15) is 0 Å². The predicted octanol–water partition coefficient (Wildman–Crippen LogP) is 2.03. The van der Waals surface area contributed by atoms with Gasteiger partial charge in [0.2, 0.25) is 0 Å². The number of carbonyl (C=O) groups is 1. The molecular formula is C16H21N3O3. The molecule has 6 heteroatoms. The molecule has 0 saturated heterocycles. The van der Waals surface area contributed by atoms with Gasteiger partial charge in [-0.1, -0.05) is 6.07 Å². The minimum Gasteiger partial charge on any atom is -0.491 e. The van der Waals surface area contributed by atoms with Gasteiger partial charge in [0, 0.05) is 6.04 Å². The predicted molar refractivity (Wildman–Crippen MR) is 86.0 cm³/mol. The lowest BCUT2D eigenvalue weighted by Gasteiger charge is -2.15. The first kappa shape index (κ1) is 16.0. The number of hydrogen-bond donors (Lipinski definition) is 2. The Labute approximate surface area is 129 Å². The van der Waals surface area contributed by atoms with E-state index in [1.54, 1.807) is 19.9 Å². The molecule has 1 atom stereocenters. The van der Waals surface area contributed by atoms with Crippen molar-refractivity contribution in [3.05, 3.63) is 29.5 Å². The third-order valence-corrected chi connectivity index (χ3v) is 3.17. The average molecular weight is 303 g/mol. The van der Waals surface area contributed by atoms with E-state index in [4.69, 9.17) is 20.9 Å². The maximum Gasteiger partial charge on any atom is 0.342 e. The van der Waals surface area contributed by atoms with Gasteiger partial charge in [-0.25, -0.2) is 4.79 Å². The van der Waals surface area contributed by atoms with Crippen molar-refractivity contribution in [1.82, 2.24) is 4.98 Å². The van der Waals surface area contributed by atoms with Gasteiger partial charge >= 0.3 is 5.97 Å². The second-order valence-electron chi connectivity index (χ2n) is 5.14. The van der Waals surface area contributed by atoms with Crippen LogP contribution in [0.2, 0.25) is 0 Å². The van der Waals surface area contributed by atoms with E-state index in [2.05, 4.69) is 4.98 Å². The molecule has 118 valence electrons. The molecule has 4 N–H and O–H groups in total. The van der Waals surface area contributed by atoms with Crippen LogP contribution in [0.1, 0.15) is 29.9 Å². The number of hydrogen-bond acceptors (Lipinski definition) is 6. The smallest absolute Gasteiger partial charge is 0.342 e. The third kappa shape index (κ3) is 3.12. The summed E-state index contributed by atoms with van der Waals surface area (Å²) < 4.78 is 10.8. The molecule has 0 bridgehead atoms. The van der Waals surface area contributed by atoms with E-state index in [9.17, 15) is 4.79 Å². The van der Waals surface area contributed by atoms with Gasteiger partial charge in [0.15, 0.2) is 0 Å². The molecular weight excluding hydrogens is 282 g/mol. The minimum atomic E-state index is -0.478. The Morgan fingerprint density at radius 3 is 2.77 bits per heavy atom. The van der Waals surface area contributed by atoms with Crippen molar-refractivity contribution in [3.8, 4) is 5.75 Å². The zero-order valence-electron chi connectivity index (χ0n) is 13.1. The largest absolute Gasteiger partial charge is 0.491 e. The summed E-state index contributed by atoms with van der Waals surface area (Å²) in [6.07, 6.45) is 0. The quantitative estimate of drug-likeness (QED) is 0.820. The first-order valence-corrected chi connectivity index (χ1v) is 7.20. The molecule has 0 fully saturated rings. The van der Waals surface area contributed by atoms with E-state index in [0.717, 1.165) is 0 Å². The van der Waals surface area contributed by atoms with E-state index in [1.165, 1.54) is 0 Å². The fourth-order valence-electron chi connectivity index (χ4n) is 2.24. The highest BCUT2D eigenvalue weighted by molar-refractivity contribution is 6.07. The van der Waals surface area contributed by atoms with Gasteiger partial charge in [-0.3, -0.25) is 4.98 Å². The Hall–Kier alpha value is -2.34. The highest BCUT2D eigenvalue weighted by atomic mass is 16.5. The molecule has 0 radical (unpaired) electrons. The number of anilines is 1. The van der Waals surface area contributed by atoms with Gasteiger partial charge in [0.05, 0.1) is 28.9 Å². The molecule has 1 aromatic heterocycles. The summed E-state index contributed by atoms with van der Waals surface area (Å²) in [5.41, 5.74) is 13.7. The zero-order valence-corrected chi connectivity index (χ0v) is 13.1. The summed E-state index contributed by atoms with van der Waals surface area (Å²) in [7, 11) is 0. The van der Waals surface area contributed by atoms with E-state index >= 15 is 0 Å². The molecule has 0 amide bonds. The average Bonchev–Trinajstić information content (AvgIpc) is 2.44. The van der Waals surface area contributed by atoms with Crippen molar-refractivity contribution in [2.75, 3.05) is 18.9 Å². The number of benzene rings is 1. The first-order valence-electron chi connectivity index (χ1n) is 7.20. The van der Waals surface area contributed by atoms with Crippen LogP contribution in [0.4, 0.5) is 5.69 Å². The number of carbonyl (C=O) groups excluding carboxylic acids is 1. The molecule has 0 aliphatic rings. The molecule has 0 aliphatic carbocycles. The summed E-state index contributed by atoms with van der Waals surface area (Å²) in [4.78, 5) is 16.5. The van der Waals surface area contributed by atoms with Crippen molar-refractivity contribution in [3.63, 3.8) is 0 Å². The van der Waals surface area contributed by atoms with Crippen molar-refractivity contribution < 1.29 is 14.3 Å². The van der Waals surface area contributed by atoms with Crippen LogP contribution >= 0.6 is 0 Å². The number of ether oxygens (including phenoxy) is 2. The van der Waals surface area contributed by atoms with Crippen molar-refractivity contribution in [1.29, 1.82) is 0 Å². The van der Waals surface area contributed by atoms with E-state index < -0.39 is 5.97 Å². The van der Waals surface area contributed by atoms with E-state index in [1.807, 2.05) is 19.1 Å². The first-order chi connectivity index (χ1) is 10.5. The van der Waals surface area contributed by atoms with Crippen LogP contribution in [0.15, 0.2) is 18.2 Å². The SMILES string of the molecule is CCOC(=O)c1c(C)nc2cccc(OC[C@@H](C)N)c2c1N. The Bertz CT molecular complexity index is 699. The van der Waals surface area contributed by atoms with Gasteiger partial charge in [0.1, 0.15) is 17.9 Å². The molecule has 0 unspecified atom stereocenters. The Kier molecular flexibility index (Phi) is 4.82. The van der Waals surface area contributed by atoms with E-state index in [0.29, 0.717) is 34.6 Å². The molecule has 22 heavy (non-hydrogen) atoms. The van der Waals surface area contributed by atoms with Gasteiger partial charge in [-0.05, 0) is 32.9 Å². The molecule has 1 aromatic carbocycles. The minimum absolute atomic E-state index is 0.112. The molecule has 0 spiro atoms. The third-order valence-electron chi connectivity index (χ3n) is 3.17. The van der Waals surface area contributed by atoms with Crippen LogP contribution in [-0.4, -0.2) is 30.2 Å². The number of aryl methyl sites for hydroxylation is 1. The number of nitrogen functional groups attached to an aromatic ring is 1. The number of pyridine rings is 1. The number of nitrogens with two attached hydrogens (primary N) is 2. The maximum atomic E-state index is 12.1. The highest BCUT2D eigenvalue weighted by Crippen LogP contribution is 2.33. The lowest BCUT2D eigenvalue weighted by atomic mass is 10.1. The van der Waals surface area contributed by atoms with Crippen molar-refractivity contribution >= 4 is 22.6 Å². The summed E-state index contributed by atoms with van der Waals surface area (Å²) in [6.45, 7) is 5.95. The van der Waals surface area contributed by atoms with Crippen LogP contribution in [0.3, 0.4) is 0 Å². The molecule has 2 aromatic rings. The number of fused-ring (bicyclic) bond motifs is 1. The Morgan fingerprint density at radius 1 is 1.41 bits per heavy atom. The topological polar surface area (TPSA) is 100 Å². The second kappa shape index (κ2) is 6.62. The van der Waals surface area contributed by atoms with Crippen LogP contribution in [-0.2, 0) is 4.74 Å². The fraction of sp³-hybridized carbons (Fsp3) is 0.375. The zero-order chi connectivity index (χ0) is 16.3. The number of nitrogens with zero attached hydrogens (tertiary/aromatic N) is 1. The van der Waals surface area contributed by atoms with Gasteiger partial charge < -0.3 is 20.9 Å². The normalized spacial score (nSPS) is 12.2. The van der Waals surface area contributed by atoms with E-state index in [-0.39, 0.29) is 18.2 Å². The highest BCUT2D eigenvalue weighted by Gasteiger charge is 2.20. The second-order valence-corrected chi connectivity index (χ2v) is 5.14. The number of esters is 1. The standard InChI is InChI=1S/C16H21N3O3/c1-4-21-16(20)13-10(3)19-11-6-5-7-12(14(11)15(13)18)22-8-9(2)17/h5-7,9H,4,8,17H2,1-3H3,(H2,18,19)/t9-/m1/s1. The van der Waals surface area contributed by atoms with Crippen LogP contribution < -0.4 is 16.2 Å². The van der Waals surface area contributed by atoms with Crippen LogP contribution in [0.5, 0.6) is 5.75 Å². The maximum absolute atomic E-state index is 12.1. The molecule has 0 saturated carbocycles. The fourth-order valence-corrected chi connectivity index (χ4v) is 2.24. The lowest BCUT2D eigenvalue weighted by molar-refractivity contribution is 0.0526. The molecule has 6 nitrogen and oxygen atoms in total. The number of rotatable bonds is 5. The Morgan fingerprint density at radius 2 is 2.14 bits per heavy atom. The van der Waals surface area contributed by atoms with Gasteiger partial charge in [0.25, 0.3) is 0 Å². The summed E-state index contributed by atoms with van der Waals surface area (Å²) in [5.74, 6) is 0.0826. The Balaban J connectivity index is 2.60. The lowest BCUT2D eigenvalue weighted by Crippen LogP contribution is -2.23. The van der Waals surface area contributed by atoms with Crippen LogP contribution in [0, 0.1) is 6.92 Å². The summed E-state index contributed by atoms with van der Waals surface area (Å²) in [5, 5.41) is 0.608. The van der Waals surface area contributed by atoms with Gasteiger partial charge in [-0.15, -0.1) is 0 Å². The summed E-state index contributed by atoms with van der Waals surface area (Å²) >= 11 is 0. The van der Waals surface area contributed by atoms with Crippen LogP contribution in [0.25, 0.3) is 10.9 Å². The van der Waals surface area contributed by atoms with Crippen molar-refractivity contribution in [2.24, 2.45) is 5.73 Å².